The molecule has 0 saturated carbocycles. The molecule has 15 nitrogen and oxygen atoms in total. The average molecular weight is 621 g/mol. The Kier molecular flexibility index (Phi) is 9.68. The quantitative estimate of drug-likeness (QED) is 0.215. The molecule has 2 heterocycles. The number of carbonyl (C=O) groups is 2. The number of ether oxygens (including phenoxy) is 4. The molecule has 2 aromatic rings. The molecule has 2 aliphatic rings. The maximum atomic E-state index is 12.9. The van der Waals surface area contributed by atoms with Gasteiger partial charge in [0.25, 0.3) is 6.35 Å². The predicted octanol–water partition coefficient (Wildman–Crippen LogP) is 3.27. The number of aliphatic imine (C=N–C) groups is 2. The van der Waals surface area contributed by atoms with Gasteiger partial charge in [0, 0.05) is 19.2 Å². The highest BCUT2D eigenvalue weighted by molar-refractivity contribution is 6.42. The maximum absolute atomic E-state index is 12.9. The van der Waals surface area contributed by atoms with Crippen LogP contribution in [-0.2, 0) is 19.1 Å². The van der Waals surface area contributed by atoms with Crippen LogP contribution >= 0.6 is 0 Å². The van der Waals surface area contributed by atoms with E-state index in [1.807, 2.05) is 24.1 Å². The summed E-state index contributed by atoms with van der Waals surface area (Å²) in [5.74, 6) is -1.58. The van der Waals surface area contributed by atoms with Crippen LogP contribution in [0.3, 0.4) is 0 Å². The zero-order valence-electron chi connectivity index (χ0n) is 25.6. The summed E-state index contributed by atoms with van der Waals surface area (Å²) in [5, 5.41) is 22.8. The zero-order chi connectivity index (χ0) is 32.9. The van der Waals surface area contributed by atoms with E-state index in [4.69, 9.17) is 23.8 Å². The molecule has 236 valence electrons. The SMILES string of the molecule is CCOC(=O)C1=NC(Oc2cccc(C3=NCCN3C)c2)N(OC)C(Oc2ccc(C#N)c(C(=O)OC(C)(C)C)c2)=C1[N+](=O)[O-]. The van der Waals surface area contributed by atoms with Gasteiger partial charge in [-0.05, 0) is 58.0 Å². The van der Waals surface area contributed by atoms with Gasteiger partial charge in [-0.2, -0.15) is 10.3 Å². The first-order valence-electron chi connectivity index (χ1n) is 13.8. The van der Waals surface area contributed by atoms with Crippen LogP contribution in [0.4, 0.5) is 0 Å². The predicted molar refractivity (Wildman–Crippen MR) is 159 cm³/mol. The van der Waals surface area contributed by atoms with Gasteiger partial charge in [0.05, 0.1) is 36.3 Å². The Morgan fingerprint density at radius 2 is 1.91 bits per heavy atom. The minimum atomic E-state index is -1.50. The third-order valence-electron chi connectivity index (χ3n) is 6.25. The fourth-order valence-electron chi connectivity index (χ4n) is 4.36. The Bertz CT molecular complexity index is 1640. The number of hydrogen-bond acceptors (Lipinski definition) is 14. The monoisotopic (exact) mass is 620 g/mol. The van der Waals surface area contributed by atoms with Crippen molar-refractivity contribution in [1.82, 2.24) is 9.96 Å². The topological polar surface area (TPSA) is 178 Å². The molecule has 15 heteroatoms. The van der Waals surface area contributed by atoms with Crippen molar-refractivity contribution in [1.29, 1.82) is 5.26 Å². The van der Waals surface area contributed by atoms with Gasteiger partial charge in [-0.25, -0.2) is 14.6 Å². The number of carbonyl (C=O) groups excluding carboxylic acids is 2. The largest absolute Gasteiger partial charge is 0.461 e. The van der Waals surface area contributed by atoms with Gasteiger partial charge >= 0.3 is 23.5 Å². The Labute approximate surface area is 259 Å². The highest BCUT2D eigenvalue weighted by atomic mass is 16.7. The molecule has 0 radical (unpaired) electrons. The summed E-state index contributed by atoms with van der Waals surface area (Å²) in [5.41, 5.74) is -1.84. The van der Waals surface area contributed by atoms with Crippen molar-refractivity contribution in [3.8, 4) is 17.6 Å². The standard InChI is InChI=1S/C30H32N6O9/c1-7-42-28(38)23-24(36(39)40)26(43-21-12-11-19(17-31)22(16-21)27(37)45-30(2,3)4)35(41-6)29(33-23)44-20-10-8-9-18(15-20)25-32-13-14-34(25)5/h8-12,15-16,29H,7,13-14H2,1-6H3. The number of esters is 2. The first-order valence-corrected chi connectivity index (χ1v) is 13.8. The molecule has 45 heavy (non-hydrogen) atoms. The summed E-state index contributed by atoms with van der Waals surface area (Å²) in [4.78, 5) is 53.5. The Hall–Kier alpha value is -5.49. The molecule has 1 unspecified atom stereocenters. The second-order valence-electron chi connectivity index (χ2n) is 10.6. The molecule has 2 aromatic carbocycles. The number of nitriles is 1. The normalized spacial score (nSPS) is 16.4. The maximum Gasteiger partial charge on any atom is 0.364 e. The van der Waals surface area contributed by atoms with Gasteiger partial charge in [0.2, 0.25) is 5.71 Å². The molecule has 4 rings (SSSR count). The van der Waals surface area contributed by atoms with E-state index < -0.39 is 46.1 Å². The second kappa shape index (κ2) is 13.4. The number of benzene rings is 2. The average Bonchev–Trinajstić information content (AvgIpc) is 3.42. The van der Waals surface area contributed by atoms with Crippen LogP contribution in [0.15, 0.2) is 64.0 Å². The van der Waals surface area contributed by atoms with E-state index in [-0.39, 0.29) is 29.2 Å². The minimum absolute atomic E-state index is 0.0142. The molecule has 0 spiro atoms. The van der Waals surface area contributed by atoms with Gasteiger partial charge in [-0.1, -0.05) is 12.1 Å². The van der Waals surface area contributed by atoms with Gasteiger partial charge < -0.3 is 23.8 Å². The van der Waals surface area contributed by atoms with Gasteiger partial charge in [-0.15, -0.1) is 0 Å². The lowest BCUT2D eigenvalue weighted by Gasteiger charge is -2.32. The van der Waals surface area contributed by atoms with Crippen molar-refractivity contribution in [2.45, 2.75) is 39.6 Å². The second-order valence-corrected chi connectivity index (χ2v) is 10.6. The van der Waals surface area contributed by atoms with E-state index in [1.54, 1.807) is 39.0 Å². The van der Waals surface area contributed by atoms with Crippen molar-refractivity contribution < 1.29 is 38.3 Å². The summed E-state index contributed by atoms with van der Waals surface area (Å²) in [7, 11) is 3.11. The number of nitrogens with zero attached hydrogens (tertiary/aromatic N) is 6. The van der Waals surface area contributed by atoms with Crippen molar-refractivity contribution >= 4 is 23.5 Å². The summed E-state index contributed by atoms with van der Waals surface area (Å²) in [6, 6.07) is 12.6. The zero-order valence-corrected chi connectivity index (χ0v) is 25.6. The lowest BCUT2D eigenvalue weighted by Crippen LogP contribution is -2.46. The van der Waals surface area contributed by atoms with Crippen LogP contribution in [0, 0.1) is 21.4 Å². The number of hydroxylamine groups is 2. The van der Waals surface area contributed by atoms with Crippen LogP contribution in [0.25, 0.3) is 0 Å². The fraction of sp³-hybridized carbons (Fsp3) is 0.367. The summed E-state index contributed by atoms with van der Waals surface area (Å²) in [6.07, 6.45) is -1.50. The Morgan fingerprint density at radius 3 is 2.51 bits per heavy atom. The van der Waals surface area contributed by atoms with Crippen LogP contribution in [0.1, 0.15) is 49.2 Å². The third-order valence-corrected chi connectivity index (χ3v) is 6.25. The summed E-state index contributed by atoms with van der Waals surface area (Å²) in [6.45, 7) is 7.83. The van der Waals surface area contributed by atoms with E-state index in [0.717, 1.165) is 23.0 Å². The molecular weight excluding hydrogens is 588 g/mol. The van der Waals surface area contributed by atoms with Crippen LogP contribution < -0.4 is 9.47 Å². The van der Waals surface area contributed by atoms with E-state index in [9.17, 15) is 25.0 Å². The van der Waals surface area contributed by atoms with Gasteiger partial charge in [-0.3, -0.25) is 19.9 Å². The van der Waals surface area contributed by atoms with Crippen LogP contribution in [-0.4, -0.2) is 84.2 Å². The number of hydrogen-bond donors (Lipinski definition) is 0. The third kappa shape index (κ3) is 7.36. The van der Waals surface area contributed by atoms with Crippen molar-refractivity contribution in [3.05, 3.63) is 80.8 Å². The van der Waals surface area contributed by atoms with E-state index in [2.05, 4.69) is 9.98 Å². The molecule has 0 N–H and O–H groups in total. The molecule has 0 amide bonds. The lowest BCUT2D eigenvalue weighted by atomic mass is 10.1. The number of amidine groups is 1. The number of nitro groups is 1. The minimum Gasteiger partial charge on any atom is -0.461 e. The number of likely N-dealkylation sites (N-methyl/N-ethyl adjacent to an activating group) is 1. The summed E-state index contributed by atoms with van der Waals surface area (Å²) < 4.78 is 22.5. The summed E-state index contributed by atoms with van der Waals surface area (Å²) >= 11 is 0. The van der Waals surface area contributed by atoms with Crippen molar-refractivity contribution in [2.24, 2.45) is 9.98 Å². The Balaban J connectivity index is 1.78. The number of rotatable bonds is 10. The lowest BCUT2D eigenvalue weighted by molar-refractivity contribution is -0.422. The molecule has 0 aliphatic carbocycles. The smallest absolute Gasteiger partial charge is 0.364 e. The van der Waals surface area contributed by atoms with Crippen LogP contribution in [0.5, 0.6) is 11.5 Å². The van der Waals surface area contributed by atoms with Crippen molar-refractivity contribution in [3.63, 3.8) is 0 Å². The fourth-order valence-corrected chi connectivity index (χ4v) is 4.36. The van der Waals surface area contributed by atoms with E-state index in [0.29, 0.717) is 6.54 Å². The molecule has 0 saturated heterocycles. The molecule has 0 fully saturated rings. The van der Waals surface area contributed by atoms with Crippen molar-refractivity contribution in [2.75, 3.05) is 33.9 Å². The first kappa shape index (κ1) is 32.4. The van der Waals surface area contributed by atoms with Gasteiger partial charge in [0.1, 0.15) is 29.0 Å². The molecule has 2 aliphatic heterocycles. The van der Waals surface area contributed by atoms with Crippen LogP contribution in [0.2, 0.25) is 0 Å². The molecule has 0 bridgehead atoms. The molecule has 1 atom stereocenters. The van der Waals surface area contributed by atoms with E-state index >= 15 is 0 Å². The van der Waals surface area contributed by atoms with Gasteiger partial charge in [0.15, 0.2) is 0 Å². The highest BCUT2D eigenvalue weighted by Crippen LogP contribution is 2.30. The highest BCUT2D eigenvalue weighted by Gasteiger charge is 2.45. The molecule has 0 aromatic heterocycles. The molecular formula is C30H32N6O9. The first-order chi connectivity index (χ1) is 21.4. The Morgan fingerprint density at radius 1 is 1.16 bits per heavy atom. The van der Waals surface area contributed by atoms with E-state index in [1.165, 1.54) is 32.2 Å².